The normalized spacial score (nSPS) is 14.3. The number of hydrogen-bond donors (Lipinski definition) is 2. The van der Waals surface area contributed by atoms with Crippen molar-refractivity contribution in [3.05, 3.63) is 41.7 Å². The van der Waals surface area contributed by atoms with Gasteiger partial charge in [-0.25, -0.2) is 9.97 Å². The number of hydrogen-bond acceptors (Lipinski definition) is 6. The number of aromatic nitrogens is 2. The summed E-state index contributed by atoms with van der Waals surface area (Å²) >= 11 is 0. The molecule has 1 saturated carbocycles. The maximum atomic E-state index is 11.4. The van der Waals surface area contributed by atoms with Crippen LogP contribution in [0.25, 0.3) is 0 Å². The molecule has 0 saturated heterocycles. The van der Waals surface area contributed by atoms with Gasteiger partial charge in [0, 0.05) is 19.3 Å². The third-order valence-electron chi connectivity index (χ3n) is 4.90. The van der Waals surface area contributed by atoms with Gasteiger partial charge in [0.15, 0.2) is 11.5 Å². The van der Waals surface area contributed by atoms with Crippen LogP contribution in [0.4, 0.5) is 5.95 Å². The van der Waals surface area contributed by atoms with Crippen molar-refractivity contribution in [1.29, 1.82) is 0 Å². The number of nitrogens with zero attached hydrogens (tertiary/aromatic N) is 2. The molecule has 1 aliphatic rings. The summed E-state index contributed by atoms with van der Waals surface area (Å²) in [5.74, 6) is 5.56. The van der Waals surface area contributed by atoms with Gasteiger partial charge in [0.1, 0.15) is 0 Å². The zero-order valence-corrected chi connectivity index (χ0v) is 17.6. The van der Waals surface area contributed by atoms with Crippen LogP contribution in [-0.4, -0.2) is 40.2 Å². The number of rotatable bonds is 7. The van der Waals surface area contributed by atoms with Crippen molar-refractivity contribution >= 4 is 17.8 Å². The lowest BCUT2D eigenvalue weighted by molar-refractivity contribution is -0.137. The van der Waals surface area contributed by atoms with Crippen molar-refractivity contribution in [3.63, 3.8) is 0 Å². The van der Waals surface area contributed by atoms with Crippen molar-refractivity contribution < 1.29 is 24.2 Å². The van der Waals surface area contributed by atoms with Gasteiger partial charge in [-0.2, -0.15) is 0 Å². The molecule has 2 aromatic rings. The van der Waals surface area contributed by atoms with Gasteiger partial charge in [-0.1, -0.05) is 17.9 Å². The summed E-state index contributed by atoms with van der Waals surface area (Å²) in [6.45, 7) is 1.37. The first-order chi connectivity index (χ1) is 14.9. The van der Waals surface area contributed by atoms with Crippen molar-refractivity contribution in [2.45, 2.75) is 51.0 Å². The smallest absolute Gasteiger partial charge is 0.304 e. The van der Waals surface area contributed by atoms with E-state index in [-0.39, 0.29) is 24.4 Å². The Morgan fingerprint density at radius 1 is 1.23 bits per heavy atom. The number of carboxylic acids is 1. The lowest BCUT2D eigenvalue weighted by Gasteiger charge is -2.18. The topological polar surface area (TPSA) is 111 Å². The van der Waals surface area contributed by atoms with E-state index in [1.165, 1.54) is 19.3 Å². The minimum absolute atomic E-state index is 0.146. The number of aliphatic carboxylic acids is 1. The van der Waals surface area contributed by atoms with Crippen molar-refractivity contribution in [3.8, 4) is 23.3 Å². The summed E-state index contributed by atoms with van der Waals surface area (Å²) in [6.07, 6.45) is 7.23. The Hall–Kier alpha value is -3.60. The molecule has 1 aromatic heterocycles. The molecule has 1 aliphatic carbocycles. The second kappa shape index (κ2) is 10.4. The van der Waals surface area contributed by atoms with Gasteiger partial charge in [-0.3, -0.25) is 14.9 Å². The Labute approximate surface area is 181 Å². The number of methoxy groups -OCH3 is 1. The average molecular weight is 423 g/mol. The summed E-state index contributed by atoms with van der Waals surface area (Å²) in [5.41, 5.74) is 1.25. The molecule has 0 radical (unpaired) electrons. The molecular weight excluding hydrogens is 398 g/mol. The highest BCUT2D eigenvalue weighted by Gasteiger charge is 2.21. The van der Waals surface area contributed by atoms with Crippen molar-refractivity contribution in [1.82, 2.24) is 9.97 Å². The molecule has 1 atom stereocenters. The van der Waals surface area contributed by atoms with Gasteiger partial charge in [0.05, 0.1) is 31.1 Å². The van der Waals surface area contributed by atoms with E-state index in [2.05, 4.69) is 27.1 Å². The molecule has 8 heteroatoms. The zero-order chi connectivity index (χ0) is 22.2. The number of carboxylic acid groups (broad SMARTS) is 1. The van der Waals surface area contributed by atoms with Gasteiger partial charge in [-0.15, -0.1) is 0 Å². The maximum absolute atomic E-state index is 11.4. The fourth-order valence-corrected chi connectivity index (χ4v) is 3.40. The number of carbonyl (C=O) groups is 2. The summed E-state index contributed by atoms with van der Waals surface area (Å²) in [4.78, 5) is 30.6. The average Bonchev–Trinajstić information content (AvgIpc) is 3.24. The molecule has 0 spiro atoms. The zero-order valence-electron chi connectivity index (χ0n) is 17.6. The second-order valence-corrected chi connectivity index (χ2v) is 7.33. The standard InChI is InChI=1S/C23H25N3O5/c1-15(27)26-23-24-13-16(14-25-23)7-8-18(12-22(28)29)17-9-10-20(30-2)21(11-17)31-19-5-3-4-6-19/h9-11,13-14,18-19H,3-6,12H2,1-2H3,(H,28,29)(H,24,25,26,27). The highest BCUT2D eigenvalue weighted by Crippen LogP contribution is 2.35. The quantitative estimate of drug-likeness (QED) is 0.657. The van der Waals surface area contributed by atoms with E-state index in [4.69, 9.17) is 9.47 Å². The Morgan fingerprint density at radius 2 is 1.94 bits per heavy atom. The van der Waals surface area contributed by atoms with Crippen LogP contribution < -0.4 is 14.8 Å². The van der Waals surface area contributed by atoms with Gasteiger partial charge in [0.25, 0.3) is 0 Å². The Kier molecular flexibility index (Phi) is 7.44. The molecule has 1 fully saturated rings. The molecule has 1 amide bonds. The number of nitrogens with one attached hydrogen (secondary N) is 1. The van der Waals surface area contributed by atoms with E-state index in [1.54, 1.807) is 19.2 Å². The van der Waals surface area contributed by atoms with Gasteiger partial charge < -0.3 is 14.6 Å². The van der Waals surface area contributed by atoms with Gasteiger partial charge in [0.2, 0.25) is 11.9 Å². The largest absolute Gasteiger partial charge is 0.493 e. The molecule has 0 aliphatic heterocycles. The van der Waals surface area contributed by atoms with Gasteiger partial charge in [-0.05, 0) is 43.4 Å². The Bertz CT molecular complexity index is 989. The van der Waals surface area contributed by atoms with Crippen LogP contribution in [0.3, 0.4) is 0 Å². The number of carbonyl (C=O) groups excluding carboxylic acids is 1. The summed E-state index contributed by atoms with van der Waals surface area (Å²) in [6, 6.07) is 5.40. The molecular formula is C23H25N3O5. The molecule has 162 valence electrons. The van der Waals surface area contributed by atoms with E-state index in [9.17, 15) is 14.7 Å². The predicted octanol–water partition coefficient (Wildman–Crippen LogP) is 3.38. The van der Waals surface area contributed by atoms with Crippen LogP contribution >= 0.6 is 0 Å². The van der Waals surface area contributed by atoms with Crippen molar-refractivity contribution in [2.75, 3.05) is 12.4 Å². The second-order valence-electron chi connectivity index (χ2n) is 7.33. The highest BCUT2D eigenvalue weighted by molar-refractivity contribution is 5.86. The third-order valence-corrected chi connectivity index (χ3v) is 4.90. The lowest BCUT2D eigenvalue weighted by atomic mass is 9.95. The predicted molar refractivity (Wildman–Crippen MR) is 114 cm³/mol. The van der Waals surface area contributed by atoms with E-state index >= 15 is 0 Å². The van der Waals surface area contributed by atoms with E-state index in [1.807, 2.05) is 6.07 Å². The minimum Gasteiger partial charge on any atom is -0.493 e. The Balaban J connectivity index is 1.84. The Morgan fingerprint density at radius 3 is 2.55 bits per heavy atom. The molecule has 1 unspecified atom stereocenters. The van der Waals surface area contributed by atoms with E-state index in [0.717, 1.165) is 31.2 Å². The molecule has 31 heavy (non-hydrogen) atoms. The van der Waals surface area contributed by atoms with Crippen LogP contribution in [0.1, 0.15) is 56.1 Å². The lowest BCUT2D eigenvalue weighted by Crippen LogP contribution is -2.12. The minimum atomic E-state index is -0.953. The summed E-state index contributed by atoms with van der Waals surface area (Å²) in [7, 11) is 1.58. The number of anilines is 1. The molecule has 2 N–H and O–H groups in total. The molecule has 0 bridgehead atoms. The van der Waals surface area contributed by atoms with Crippen LogP contribution in [-0.2, 0) is 9.59 Å². The number of benzene rings is 1. The van der Waals surface area contributed by atoms with E-state index < -0.39 is 11.9 Å². The first kappa shape index (κ1) is 22.1. The highest BCUT2D eigenvalue weighted by atomic mass is 16.5. The molecule has 3 rings (SSSR count). The summed E-state index contributed by atoms with van der Waals surface area (Å²) in [5, 5.41) is 11.9. The monoisotopic (exact) mass is 423 g/mol. The SMILES string of the molecule is COc1ccc(C(C#Cc2cnc(NC(C)=O)nc2)CC(=O)O)cc1OC1CCCC1. The summed E-state index contributed by atoms with van der Waals surface area (Å²) < 4.78 is 11.5. The van der Waals surface area contributed by atoms with Crippen LogP contribution in [0.5, 0.6) is 11.5 Å². The third kappa shape index (κ3) is 6.44. The molecule has 1 heterocycles. The number of amides is 1. The van der Waals surface area contributed by atoms with Crippen molar-refractivity contribution in [2.24, 2.45) is 0 Å². The van der Waals surface area contributed by atoms with Crippen LogP contribution in [0.2, 0.25) is 0 Å². The molecule has 8 nitrogen and oxygen atoms in total. The van der Waals surface area contributed by atoms with Crippen LogP contribution in [0.15, 0.2) is 30.6 Å². The first-order valence-corrected chi connectivity index (χ1v) is 10.1. The van der Waals surface area contributed by atoms with Crippen LogP contribution in [0, 0.1) is 11.8 Å². The van der Waals surface area contributed by atoms with E-state index in [0.29, 0.717) is 17.1 Å². The first-order valence-electron chi connectivity index (χ1n) is 10.1. The number of ether oxygens (including phenoxy) is 2. The van der Waals surface area contributed by atoms with Gasteiger partial charge >= 0.3 is 5.97 Å². The fourth-order valence-electron chi connectivity index (χ4n) is 3.40. The fraction of sp³-hybridized carbons (Fsp3) is 0.391. The molecule has 1 aromatic carbocycles. The maximum Gasteiger partial charge on any atom is 0.304 e.